The molecule has 0 bridgehead atoms. The highest BCUT2D eigenvalue weighted by Gasteiger charge is 2.08. The Morgan fingerprint density at radius 2 is 2.36 bits per heavy atom. The summed E-state index contributed by atoms with van der Waals surface area (Å²) in [5.74, 6) is -0.371. The minimum absolute atomic E-state index is 0.0938. The molecule has 0 saturated heterocycles. The van der Waals surface area contributed by atoms with Crippen molar-refractivity contribution in [3.8, 4) is 6.07 Å². The normalized spacial score (nSPS) is 9.21. The monoisotopic (exact) mass is 209 g/mol. The van der Waals surface area contributed by atoms with Crippen LogP contribution in [0.1, 0.15) is 11.1 Å². The molecule has 0 radical (unpaired) electrons. The van der Waals surface area contributed by atoms with E-state index in [1.165, 1.54) is 13.2 Å². The summed E-state index contributed by atoms with van der Waals surface area (Å²) in [5, 5.41) is 9.25. The van der Waals surface area contributed by atoms with Gasteiger partial charge in [-0.05, 0) is 17.7 Å². The molecule has 72 valence electrons. The van der Waals surface area contributed by atoms with Crippen molar-refractivity contribution in [2.45, 2.75) is 6.42 Å². The molecule has 1 aromatic carbocycles. The maximum Gasteiger partial charge on any atom is 0.310 e. The molecule has 0 saturated carbocycles. The first-order valence-electron chi connectivity index (χ1n) is 3.92. The van der Waals surface area contributed by atoms with Crippen molar-refractivity contribution >= 4 is 17.6 Å². The molecule has 1 rings (SSSR count). The second-order valence-electron chi connectivity index (χ2n) is 2.67. The molecule has 1 aromatic rings. The van der Waals surface area contributed by atoms with Crippen LogP contribution in [0, 0.1) is 11.3 Å². The van der Waals surface area contributed by atoms with E-state index in [1.807, 2.05) is 6.07 Å². The fraction of sp³-hybridized carbons (Fsp3) is 0.200. The summed E-state index contributed by atoms with van der Waals surface area (Å²) in [6.07, 6.45) is 0.0938. The van der Waals surface area contributed by atoms with Crippen LogP contribution < -0.4 is 0 Å². The summed E-state index contributed by atoms with van der Waals surface area (Å²) in [5.41, 5.74) is 1.03. The Labute approximate surface area is 86.9 Å². The first-order valence-corrected chi connectivity index (χ1v) is 4.30. The van der Waals surface area contributed by atoms with E-state index < -0.39 is 0 Å². The van der Waals surface area contributed by atoms with E-state index in [4.69, 9.17) is 16.9 Å². The molecule has 0 N–H and O–H groups in total. The van der Waals surface area contributed by atoms with Gasteiger partial charge in [0.25, 0.3) is 0 Å². The summed E-state index contributed by atoms with van der Waals surface area (Å²) < 4.78 is 4.50. The van der Waals surface area contributed by atoms with Gasteiger partial charge in [-0.15, -0.1) is 0 Å². The number of nitrogens with zero attached hydrogens (tertiary/aromatic N) is 1. The molecule has 3 nitrogen and oxygen atoms in total. The Morgan fingerprint density at radius 3 is 2.93 bits per heavy atom. The quantitative estimate of drug-likeness (QED) is 0.700. The number of ether oxygens (including phenoxy) is 1. The Hall–Kier alpha value is -1.53. The van der Waals surface area contributed by atoms with Gasteiger partial charge in [0.1, 0.15) is 0 Å². The number of carbonyl (C=O) groups is 1. The summed E-state index contributed by atoms with van der Waals surface area (Å²) in [6.45, 7) is 0. The van der Waals surface area contributed by atoms with Gasteiger partial charge < -0.3 is 4.74 Å². The number of esters is 1. The predicted molar refractivity (Wildman–Crippen MR) is 51.9 cm³/mol. The average molecular weight is 210 g/mol. The molecule has 0 heterocycles. The van der Waals surface area contributed by atoms with E-state index >= 15 is 0 Å². The Kier molecular flexibility index (Phi) is 3.49. The molecule has 0 amide bonds. The third-order valence-electron chi connectivity index (χ3n) is 1.75. The first kappa shape index (κ1) is 10.6. The smallest absolute Gasteiger partial charge is 0.310 e. The molecule has 0 unspecified atom stereocenters. The van der Waals surface area contributed by atoms with Crippen LogP contribution >= 0.6 is 11.6 Å². The summed E-state index contributed by atoms with van der Waals surface area (Å²) in [4.78, 5) is 11.0. The van der Waals surface area contributed by atoms with Crippen LogP contribution in [0.5, 0.6) is 0 Å². The Morgan fingerprint density at radius 1 is 1.64 bits per heavy atom. The second-order valence-corrected chi connectivity index (χ2v) is 3.10. The third kappa shape index (κ3) is 2.48. The molecule has 0 fully saturated rings. The number of methoxy groups -OCH3 is 1. The molecule has 0 atom stereocenters. The average Bonchev–Trinajstić information content (AvgIpc) is 2.20. The van der Waals surface area contributed by atoms with Gasteiger partial charge in [-0.3, -0.25) is 4.79 Å². The number of halogens is 1. The van der Waals surface area contributed by atoms with Gasteiger partial charge in [-0.25, -0.2) is 0 Å². The van der Waals surface area contributed by atoms with Crippen molar-refractivity contribution in [1.82, 2.24) is 0 Å². The molecule has 0 spiro atoms. The minimum Gasteiger partial charge on any atom is -0.469 e. The number of nitriles is 1. The van der Waals surface area contributed by atoms with E-state index in [2.05, 4.69) is 4.74 Å². The van der Waals surface area contributed by atoms with E-state index in [1.54, 1.807) is 12.1 Å². The van der Waals surface area contributed by atoms with Crippen LogP contribution in [0.15, 0.2) is 18.2 Å². The largest absolute Gasteiger partial charge is 0.469 e. The van der Waals surface area contributed by atoms with E-state index in [-0.39, 0.29) is 12.4 Å². The van der Waals surface area contributed by atoms with Crippen LogP contribution in [0.4, 0.5) is 0 Å². The number of hydrogen-bond donors (Lipinski definition) is 0. The maximum absolute atomic E-state index is 11.0. The van der Waals surface area contributed by atoms with Gasteiger partial charge in [-0.2, -0.15) is 5.26 Å². The number of rotatable bonds is 2. The van der Waals surface area contributed by atoms with E-state index in [0.29, 0.717) is 16.1 Å². The third-order valence-corrected chi connectivity index (χ3v) is 1.99. The lowest BCUT2D eigenvalue weighted by Crippen LogP contribution is -2.05. The number of hydrogen-bond acceptors (Lipinski definition) is 3. The highest BCUT2D eigenvalue weighted by Crippen LogP contribution is 2.16. The first-order chi connectivity index (χ1) is 6.67. The van der Waals surface area contributed by atoms with Crippen LogP contribution in [0.2, 0.25) is 5.02 Å². The van der Waals surface area contributed by atoms with Crippen molar-refractivity contribution in [3.05, 3.63) is 34.3 Å². The Bertz CT molecular complexity index is 396. The topological polar surface area (TPSA) is 50.1 Å². The lowest BCUT2D eigenvalue weighted by atomic mass is 10.1. The van der Waals surface area contributed by atoms with Gasteiger partial charge >= 0.3 is 5.97 Å². The van der Waals surface area contributed by atoms with Crippen molar-refractivity contribution in [2.24, 2.45) is 0 Å². The van der Waals surface area contributed by atoms with Gasteiger partial charge in [0.05, 0.1) is 25.2 Å². The van der Waals surface area contributed by atoms with Gasteiger partial charge in [0.15, 0.2) is 0 Å². The highest BCUT2D eigenvalue weighted by molar-refractivity contribution is 6.30. The lowest BCUT2D eigenvalue weighted by molar-refractivity contribution is -0.139. The van der Waals surface area contributed by atoms with Crippen LogP contribution in [-0.4, -0.2) is 13.1 Å². The molecule has 4 heteroatoms. The van der Waals surface area contributed by atoms with E-state index in [9.17, 15) is 4.79 Å². The van der Waals surface area contributed by atoms with E-state index in [0.717, 1.165) is 0 Å². The zero-order valence-electron chi connectivity index (χ0n) is 7.58. The van der Waals surface area contributed by atoms with Crippen LogP contribution in [-0.2, 0) is 16.0 Å². The van der Waals surface area contributed by atoms with Crippen molar-refractivity contribution in [3.63, 3.8) is 0 Å². The number of benzene rings is 1. The molecular formula is C10H8ClNO2. The fourth-order valence-corrected chi connectivity index (χ4v) is 1.21. The number of carbonyl (C=O) groups excluding carboxylic acids is 1. The highest BCUT2D eigenvalue weighted by atomic mass is 35.5. The van der Waals surface area contributed by atoms with Crippen molar-refractivity contribution < 1.29 is 9.53 Å². The van der Waals surface area contributed by atoms with Gasteiger partial charge in [0.2, 0.25) is 0 Å². The molecule has 0 aliphatic rings. The zero-order chi connectivity index (χ0) is 10.6. The molecular weight excluding hydrogens is 202 g/mol. The molecule has 0 aliphatic carbocycles. The predicted octanol–water partition coefficient (Wildman–Crippen LogP) is 1.93. The van der Waals surface area contributed by atoms with Crippen molar-refractivity contribution in [1.29, 1.82) is 5.26 Å². The van der Waals surface area contributed by atoms with Gasteiger partial charge in [-0.1, -0.05) is 17.7 Å². The summed E-state index contributed by atoms with van der Waals surface area (Å²) in [7, 11) is 1.31. The SMILES string of the molecule is COC(=O)Cc1ccc(Cl)cc1C#N. The lowest BCUT2D eigenvalue weighted by Gasteiger charge is -2.02. The molecule has 0 aliphatic heterocycles. The standard InChI is InChI=1S/C10H8ClNO2/c1-14-10(13)5-7-2-3-9(11)4-8(7)6-12/h2-4H,5H2,1H3. The fourth-order valence-electron chi connectivity index (χ4n) is 1.03. The zero-order valence-corrected chi connectivity index (χ0v) is 8.34. The van der Waals surface area contributed by atoms with Crippen molar-refractivity contribution in [2.75, 3.05) is 7.11 Å². The van der Waals surface area contributed by atoms with Crippen LogP contribution in [0.3, 0.4) is 0 Å². The van der Waals surface area contributed by atoms with Gasteiger partial charge in [0, 0.05) is 5.02 Å². The minimum atomic E-state index is -0.371. The molecule has 0 aromatic heterocycles. The molecule has 14 heavy (non-hydrogen) atoms. The maximum atomic E-state index is 11.0. The Balaban J connectivity index is 2.98. The van der Waals surface area contributed by atoms with Crippen LogP contribution in [0.25, 0.3) is 0 Å². The second kappa shape index (κ2) is 4.64. The summed E-state index contributed by atoms with van der Waals surface area (Å²) >= 11 is 5.70. The summed E-state index contributed by atoms with van der Waals surface area (Å²) in [6, 6.07) is 6.79.